The molecule has 2 rings (SSSR count). The molecule has 0 radical (unpaired) electrons. The van der Waals surface area contributed by atoms with E-state index >= 15 is 0 Å². The molecule has 0 amide bonds. The van der Waals surface area contributed by atoms with E-state index in [0.717, 1.165) is 29.9 Å². The molecule has 0 spiro atoms. The second-order valence-corrected chi connectivity index (χ2v) is 4.31. The summed E-state index contributed by atoms with van der Waals surface area (Å²) in [6.07, 6.45) is 5.94. The third-order valence-electron chi connectivity index (χ3n) is 2.88. The highest BCUT2D eigenvalue weighted by molar-refractivity contribution is 5.43. The van der Waals surface area contributed by atoms with Crippen molar-refractivity contribution in [3.63, 3.8) is 0 Å². The summed E-state index contributed by atoms with van der Waals surface area (Å²) in [6.45, 7) is 4.17. The molecule has 2 aromatic rings. The molecule has 0 aliphatic rings. The molecule has 0 bridgehead atoms. The van der Waals surface area contributed by atoms with Crippen molar-refractivity contribution < 1.29 is 0 Å². The number of nitrogens with two attached hydrogens (primary N) is 1. The Kier molecular flexibility index (Phi) is 3.59. The second kappa shape index (κ2) is 5.15. The standard InChI is InChI=1S/C14H19N3/c1-3-6-14-16-9-10-17(14)13-8-5-4-7-12(13)11(2)15/h4-5,7-11H,3,6,15H2,1-2H3/t11-/m0/s1. The van der Waals surface area contributed by atoms with E-state index in [9.17, 15) is 0 Å². The van der Waals surface area contributed by atoms with Gasteiger partial charge < -0.3 is 10.3 Å². The summed E-state index contributed by atoms with van der Waals surface area (Å²) in [5.74, 6) is 1.10. The average Bonchev–Trinajstić information content (AvgIpc) is 2.77. The number of aromatic nitrogens is 2. The molecule has 3 heteroatoms. The van der Waals surface area contributed by atoms with Gasteiger partial charge in [-0.25, -0.2) is 4.98 Å². The van der Waals surface area contributed by atoms with Crippen LogP contribution < -0.4 is 5.73 Å². The number of nitrogens with zero attached hydrogens (tertiary/aromatic N) is 2. The molecular formula is C14H19N3. The lowest BCUT2D eigenvalue weighted by atomic mass is 10.1. The molecule has 0 aliphatic carbocycles. The monoisotopic (exact) mass is 229 g/mol. The van der Waals surface area contributed by atoms with Crippen molar-refractivity contribution in [1.29, 1.82) is 0 Å². The van der Waals surface area contributed by atoms with Crippen molar-refractivity contribution in [2.75, 3.05) is 0 Å². The molecule has 0 fully saturated rings. The van der Waals surface area contributed by atoms with Crippen molar-refractivity contribution in [2.45, 2.75) is 32.7 Å². The zero-order valence-electron chi connectivity index (χ0n) is 10.4. The van der Waals surface area contributed by atoms with Gasteiger partial charge in [-0.15, -0.1) is 0 Å². The minimum atomic E-state index is 0.0306. The maximum atomic E-state index is 6.01. The molecule has 1 atom stereocenters. The topological polar surface area (TPSA) is 43.8 Å². The lowest BCUT2D eigenvalue weighted by Crippen LogP contribution is -2.11. The summed E-state index contributed by atoms with van der Waals surface area (Å²) >= 11 is 0. The number of para-hydroxylation sites is 1. The summed E-state index contributed by atoms with van der Waals surface area (Å²) in [6, 6.07) is 8.27. The van der Waals surface area contributed by atoms with E-state index in [4.69, 9.17) is 5.73 Å². The number of hydrogen-bond donors (Lipinski definition) is 1. The Morgan fingerprint density at radius 1 is 1.35 bits per heavy atom. The van der Waals surface area contributed by atoms with Gasteiger partial charge in [0.15, 0.2) is 0 Å². The Labute approximate surface area is 102 Å². The maximum Gasteiger partial charge on any atom is 0.113 e. The van der Waals surface area contributed by atoms with Crippen LogP contribution in [0.1, 0.15) is 37.7 Å². The number of hydrogen-bond acceptors (Lipinski definition) is 2. The summed E-state index contributed by atoms with van der Waals surface area (Å²) in [5, 5.41) is 0. The van der Waals surface area contributed by atoms with Crippen LogP contribution in [0, 0.1) is 0 Å². The summed E-state index contributed by atoms with van der Waals surface area (Å²) in [5.41, 5.74) is 8.31. The van der Waals surface area contributed by atoms with Gasteiger partial charge in [-0.1, -0.05) is 25.1 Å². The van der Waals surface area contributed by atoms with Crippen LogP contribution in [0.3, 0.4) is 0 Å². The van der Waals surface area contributed by atoms with Crippen molar-refractivity contribution >= 4 is 0 Å². The normalized spacial score (nSPS) is 12.6. The van der Waals surface area contributed by atoms with Crippen LogP contribution in [-0.4, -0.2) is 9.55 Å². The summed E-state index contributed by atoms with van der Waals surface area (Å²) < 4.78 is 2.14. The lowest BCUT2D eigenvalue weighted by Gasteiger charge is -2.15. The molecule has 1 aromatic heterocycles. The molecule has 0 aliphatic heterocycles. The lowest BCUT2D eigenvalue weighted by molar-refractivity contribution is 0.774. The van der Waals surface area contributed by atoms with Crippen LogP contribution in [0.5, 0.6) is 0 Å². The van der Waals surface area contributed by atoms with Gasteiger partial charge in [-0.3, -0.25) is 0 Å². The quantitative estimate of drug-likeness (QED) is 0.876. The van der Waals surface area contributed by atoms with Crippen LogP contribution in [0.2, 0.25) is 0 Å². The molecule has 90 valence electrons. The first kappa shape index (κ1) is 11.9. The van der Waals surface area contributed by atoms with Gasteiger partial charge in [0, 0.05) is 24.9 Å². The van der Waals surface area contributed by atoms with E-state index in [1.165, 1.54) is 0 Å². The molecule has 0 saturated carbocycles. The fourth-order valence-electron chi connectivity index (χ4n) is 2.05. The smallest absolute Gasteiger partial charge is 0.113 e. The fraction of sp³-hybridized carbons (Fsp3) is 0.357. The molecular weight excluding hydrogens is 210 g/mol. The Bertz CT molecular complexity index is 486. The fourth-order valence-corrected chi connectivity index (χ4v) is 2.05. The first-order valence-corrected chi connectivity index (χ1v) is 6.11. The van der Waals surface area contributed by atoms with Gasteiger partial charge in [-0.05, 0) is 25.0 Å². The van der Waals surface area contributed by atoms with Crippen LogP contribution in [0.15, 0.2) is 36.7 Å². The van der Waals surface area contributed by atoms with Gasteiger partial charge in [-0.2, -0.15) is 0 Å². The number of aryl methyl sites for hydroxylation is 1. The zero-order valence-corrected chi connectivity index (χ0v) is 10.4. The van der Waals surface area contributed by atoms with E-state index in [-0.39, 0.29) is 6.04 Å². The van der Waals surface area contributed by atoms with E-state index < -0.39 is 0 Å². The summed E-state index contributed by atoms with van der Waals surface area (Å²) in [4.78, 5) is 4.40. The summed E-state index contributed by atoms with van der Waals surface area (Å²) in [7, 11) is 0. The van der Waals surface area contributed by atoms with Crippen LogP contribution >= 0.6 is 0 Å². The molecule has 0 unspecified atom stereocenters. The van der Waals surface area contributed by atoms with E-state index in [2.05, 4.69) is 28.6 Å². The van der Waals surface area contributed by atoms with Crippen molar-refractivity contribution in [3.05, 3.63) is 48.0 Å². The third kappa shape index (κ3) is 2.39. The molecule has 17 heavy (non-hydrogen) atoms. The molecule has 1 aromatic carbocycles. The predicted octanol–water partition coefficient (Wildman–Crippen LogP) is 2.84. The van der Waals surface area contributed by atoms with Gasteiger partial charge in [0.2, 0.25) is 0 Å². The van der Waals surface area contributed by atoms with Gasteiger partial charge in [0.25, 0.3) is 0 Å². The zero-order chi connectivity index (χ0) is 12.3. The van der Waals surface area contributed by atoms with Crippen LogP contribution in [-0.2, 0) is 6.42 Å². The first-order valence-electron chi connectivity index (χ1n) is 6.11. The average molecular weight is 229 g/mol. The molecule has 2 N–H and O–H groups in total. The number of benzene rings is 1. The minimum absolute atomic E-state index is 0.0306. The largest absolute Gasteiger partial charge is 0.324 e. The van der Waals surface area contributed by atoms with Gasteiger partial charge >= 0.3 is 0 Å². The number of rotatable bonds is 4. The van der Waals surface area contributed by atoms with E-state index in [1.54, 1.807) is 0 Å². The minimum Gasteiger partial charge on any atom is -0.324 e. The predicted molar refractivity (Wildman–Crippen MR) is 70.2 cm³/mol. The van der Waals surface area contributed by atoms with Crippen molar-refractivity contribution in [1.82, 2.24) is 9.55 Å². The Balaban J connectivity index is 2.48. The number of imidazole rings is 1. The Morgan fingerprint density at radius 3 is 2.82 bits per heavy atom. The molecule has 1 heterocycles. The van der Waals surface area contributed by atoms with Crippen molar-refractivity contribution in [3.8, 4) is 5.69 Å². The van der Waals surface area contributed by atoms with Crippen molar-refractivity contribution in [2.24, 2.45) is 5.73 Å². The van der Waals surface area contributed by atoms with Crippen LogP contribution in [0.4, 0.5) is 0 Å². The van der Waals surface area contributed by atoms with Gasteiger partial charge in [0.1, 0.15) is 5.82 Å². The Hall–Kier alpha value is -1.61. The van der Waals surface area contributed by atoms with E-state index in [1.807, 2.05) is 31.5 Å². The highest BCUT2D eigenvalue weighted by Gasteiger charge is 2.10. The molecule has 0 saturated heterocycles. The van der Waals surface area contributed by atoms with E-state index in [0.29, 0.717) is 0 Å². The maximum absolute atomic E-state index is 6.01. The SMILES string of the molecule is CCCc1nccn1-c1ccccc1[C@H](C)N. The molecule has 3 nitrogen and oxygen atoms in total. The third-order valence-corrected chi connectivity index (χ3v) is 2.88. The van der Waals surface area contributed by atoms with Crippen LogP contribution in [0.25, 0.3) is 5.69 Å². The second-order valence-electron chi connectivity index (χ2n) is 4.31. The highest BCUT2D eigenvalue weighted by atomic mass is 15.1. The first-order chi connectivity index (χ1) is 8.24. The van der Waals surface area contributed by atoms with Gasteiger partial charge in [0.05, 0.1) is 5.69 Å². The Morgan fingerprint density at radius 2 is 2.12 bits per heavy atom. The highest BCUT2D eigenvalue weighted by Crippen LogP contribution is 2.21.